The van der Waals surface area contributed by atoms with Crippen LogP contribution in [0, 0.1) is 6.92 Å². The first-order chi connectivity index (χ1) is 18.5. The Morgan fingerprint density at radius 2 is 1.97 bits per heavy atom. The second kappa shape index (κ2) is 10.5. The molecule has 2 aliphatic heterocycles. The summed E-state index contributed by atoms with van der Waals surface area (Å²) in [6.45, 7) is 3.31. The number of nitrogens with two attached hydrogens (primary N) is 1. The van der Waals surface area contributed by atoms with Gasteiger partial charge in [0.15, 0.2) is 5.65 Å². The molecule has 208 valence electrons. The molecule has 3 N–H and O–H groups in total. The summed E-state index contributed by atoms with van der Waals surface area (Å²) in [7, 11) is -3.61. The fourth-order valence-corrected chi connectivity index (χ4v) is 5.72. The van der Waals surface area contributed by atoms with Gasteiger partial charge in [-0.3, -0.25) is 9.52 Å². The lowest BCUT2D eigenvalue weighted by molar-refractivity contribution is 0.0136. The summed E-state index contributed by atoms with van der Waals surface area (Å²) in [6, 6.07) is 6.02. The number of carbonyl (C=O) groups excluding carboxylic acids is 2. The highest BCUT2D eigenvalue weighted by molar-refractivity contribution is 7.92. The quantitative estimate of drug-likeness (QED) is 0.329. The van der Waals surface area contributed by atoms with Crippen LogP contribution in [-0.4, -0.2) is 72.0 Å². The number of nitrogens with zero attached hydrogens (tertiary/aromatic N) is 5. The second-order valence-electron chi connectivity index (χ2n) is 9.71. The molecule has 0 aliphatic carbocycles. The van der Waals surface area contributed by atoms with Crippen LogP contribution < -0.4 is 15.5 Å². The van der Waals surface area contributed by atoms with Gasteiger partial charge in [0.25, 0.3) is 5.91 Å². The predicted octanol–water partition coefficient (Wildman–Crippen LogP) is 2.65. The van der Waals surface area contributed by atoms with E-state index in [0.29, 0.717) is 42.4 Å². The van der Waals surface area contributed by atoms with Crippen molar-refractivity contribution in [1.82, 2.24) is 19.5 Å². The molecule has 0 spiro atoms. The van der Waals surface area contributed by atoms with Gasteiger partial charge in [-0.2, -0.15) is 11.0 Å². The van der Waals surface area contributed by atoms with Crippen molar-refractivity contribution < 1.29 is 27.6 Å². The molecule has 2 saturated heterocycles. The third kappa shape index (κ3) is 5.72. The van der Waals surface area contributed by atoms with Crippen molar-refractivity contribution in [1.29, 1.82) is 0 Å². The van der Waals surface area contributed by atoms with Crippen molar-refractivity contribution in [2.75, 3.05) is 35.5 Å². The van der Waals surface area contributed by atoms with Crippen LogP contribution in [-0.2, 0) is 19.6 Å². The van der Waals surface area contributed by atoms with E-state index in [1.165, 1.54) is 18.2 Å². The molecule has 39 heavy (non-hydrogen) atoms. The number of amides is 1. The smallest absolute Gasteiger partial charge is 0.426 e. The molecule has 15 heteroatoms. The molecule has 0 saturated carbocycles. The molecule has 3 aromatic rings. The number of aromatic nitrogens is 3. The number of ether oxygens (including phenoxy) is 1. The number of likely N-dealkylation sites (tertiary alicyclic amines) is 1. The van der Waals surface area contributed by atoms with E-state index in [4.69, 9.17) is 32.3 Å². The van der Waals surface area contributed by atoms with Gasteiger partial charge in [-0.05, 0) is 44.4 Å². The van der Waals surface area contributed by atoms with Crippen molar-refractivity contribution in [3.8, 4) is 0 Å². The third-order valence-electron chi connectivity index (χ3n) is 6.74. The molecule has 5 rings (SSSR count). The van der Waals surface area contributed by atoms with Crippen LogP contribution in [0.2, 0.25) is 5.02 Å². The van der Waals surface area contributed by atoms with E-state index in [0.717, 1.165) is 30.5 Å². The lowest BCUT2D eigenvalue weighted by Crippen LogP contribution is -2.53. The van der Waals surface area contributed by atoms with Crippen molar-refractivity contribution >= 4 is 50.8 Å². The number of nitrogens with one attached hydrogen (secondary N) is 1. The molecule has 0 bridgehead atoms. The number of benzene rings is 1. The maximum absolute atomic E-state index is 13.8. The average molecular weight is 578 g/mol. The normalized spacial score (nSPS) is 18.1. The largest absolute Gasteiger partial charge is 0.527 e. The highest BCUT2D eigenvalue weighted by atomic mass is 35.5. The highest BCUT2D eigenvalue weighted by Gasteiger charge is 2.34. The van der Waals surface area contributed by atoms with Crippen LogP contribution in [0.15, 0.2) is 30.5 Å². The summed E-state index contributed by atoms with van der Waals surface area (Å²) < 4.78 is 33.0. The molecule has 13 nitrogen and oxygen atoms in total. The standard InChI is InChI=1S/C24H28ClN7O6S/c1-14-11-32-21(27-22(14)30-12-16(13-30)37-24(34)38-26)10-19(28-32)20-5-3-4-8-31(20)23(33)17-9-15(25)6-7-18(17)29-39(2,35)36/h6-7,9-11,16,20,29H,3-5,8,12-13,26H2,1-2H3/t20-/m0/s1. The number of hydrogen-bond donors (Lipinski definition) is 2. The summed E-state index contributed by atoms with van der Waals surface area (Å²) in [5.74, 6) is 5.23. The van der Waals surface area contributed by atoms with Crippen LogP contribution in [0.1, 0.15) is 46.9 Å². The summed E-state index contributed by atoms with van der Waals surface area (Å²) >= 11 is 6.18. The topological polar surface area (TPSA) is 161 Å². The van der Waals surface area contributed by atoms with Gasteiger partial charge in [0.1, 0.15) is 11.9 Å². The zero-order valence-electron chi connectivity index (χ0n) is 21.3. The Labute approximate surface area is 229 Å². The van der Waals surface area contributed by atoms with Crippen molar-refractivity contribution in [3.05, 3.63) is 52.3 Å². The van der Waals surface area contributed by atoms with E-state index < -0.39 is 16.2 Å². The van der Waals surface area contributed by atoms with E-state index in [-0.39, 0.29) is 29.3 Å². The predicted molar refractivity (Wildman–Crippen MR) is 143 cm³/mol. The Morgan fingerprint density at radius 3 is 2.69 bits per heavy atom. The molecular weight excluding hydrogens is 550 g/mol. The Hall–Kier alpha value is -3.62. The van der Waals surface area contributed by atoms with Gasteiger partial charge in [0.05, 0.1) is 42.3 Å². The van der Waals surface area contributed by atoms with Crippen molar-refractivity contribution in [3.63, 3.8) is 0 Å². The van der Waals surface area contributed by atoms with E-state index in [1.807, 2.05) is 24.1 Å². The third-order valence-corrected chi connectivity index (χ3v) is 7.57. The van der Waals surface area contributed by atoms with E-state index in [1.54, 1.807) is 9.42 Å². The van der Waals surface area contributed by atoms with Crippen LogP contribution in [0.4, 0.5) is 16.3 Å². The SMILES string of the molecule is Cc1cn2nc([C@@H]3CCCCN3C(=O)c3cc(Cl)ccc3NS(C)(=O)=O)cc2nc1N1CC(OC(=O)ON)C1. The molecule has 1 amide bonds. The van der Waals surface area contributed by atoms with Gasteiger partial charge in [-0.1, -0.05) is 11.6 Å². The molecular formula is C24H28ClN7O6S. The van der Waals surface area contributed by atoms with Gasteiger partial charge in [-0.25, -0.2) is 22.7 Å². The fraction of sp³-hybridized carbons (Fsp3) is 0.417. The summed E-state index contributed by atoms with van der Waals surface area (Å²) in [5.41, 5.74) is 2.51. The molecule has 2 aromatic heterocycles. The monoisotopic (exact) mass is 577 g/mol. The number of halogens is 1. The minimum Gasteiger partial charge on any atom is -0.426 e. The van der Waals surface area contributed by atoms with Crippen LogP contribution in [0.3, 0.4) is 0 Å². The number of fused-ring (bicyclic) bond motifs is 1. The van der Waals surface area contributed by atoms with E-state index >= 15 is 0 Å². The van der Waals surface area contributed by atoms with Gasteiger partial charge in [0, 0.05) is 29.4 Å². The first-order valence-electron chi connectivity index (χ1n) is 12.3. The Kier molecular flexibility index (Phi) is 7.27. The number of rotatable bonds is 6. The number of hydrogen-bond acceptors (Lipinski definition) is 10. The summed E-state index contributed by atoms with van der Waals surface area (Å²) in [4.78, 5) is 37.5. The van der Waals surface area contributed by atoms with Gasteiger partial charge in [0.2, 0.25) is 10.0 Å². The summed E-state index contributed by atoms with van der Waals surface area (Å²) in [5, 5.41) is 5.06. The molecule has 1 atom stereocenters. The average Bonchev–Trinajstić information content (AvgIpc) is 3.28. The highest BCUT2D eigenvalue weighted by Crippen LogP contribution is 2.34. The Balaban J connectivity index is 1.41. The number of sulfonamides is 1. The molecule has 2 aliphatic rings. The van der Waals surface area contributed by atoms with Gasteiger partial charge >= 0.3 is 6.16 Å². The maximum Gasteiger partial charge on any atom is 0.527 e. The minimum absolute atomic E-state index is 0.171. The number of aryl methyl sites for hydroxylation is 1. The number of anilines is 2. The first kappa shape index (κ1) is 27.0. The first-order valence-corrected chi connectivity index (χ1v) is 14.6. The molecule has 4 heterocycles. The van der Waals surface area contributed by atoms with E-state index in [9.17, 15) is 18.0 Å². The van der Waals surface area contributed by atoms with Crippen LogP contribution >= 0.6 is 11.6 Å². The zero-order chi connectivity index (χ0) is 27.9. The van der Waals surface area contributed by atoms with Crippen molar-refractivity contribution in [2.24, 2.45) is 5.90 Å². The second-order valence-corrected chi connectivity index (χ2v) is 11.9. The Morgan fingerprint density at radius 1 is 1.21 bits per heavy atom. The summed E-state index contributed by atoms with van der Waals surface area (Å²) in [6.07, 6.45) is 4.04. The molecule has 2 fully saturated rings. The Bertz CT molecular complexity index is 1540. The number of piperidine rings is 1. The lowest BCUT2D eigenvalue weighted by atomic mass is 9.98. The van der Waals surface area contributed by atoms with Gasteiger partial charge < -0.3 is 19.4 Å². The van der Waals surface area contributed by atoms with Gasteiger partial charge in [-0.15, -0.1) is 0 Å². The fourth-order valence-electron chi connectivity index (χ4n) is 4.97. The van der Waals surface area contributed by atoms with Crippen molar-refractivity contribution in [2.45, 2.75) is 38.3 Å². The van der Waals surface area contributed by atoms with Crippen LogP contribution in [0.5, 0.6) is 0 Å². The molecule has 0 unspecified atom stereocenters. The molecule has 0 radical (unpaired) electrons. The maximum atomic E-state index is 13.8. The zero-order valence-corrected chi connectivity index (χ0v) is 22.9. The van der Waals surface area contributed by atoms with Crippen LogP contribution in [0.25, 0.3) is 5.65 Å². The molecule has 1 aromatic carbocycles. The number of carbonyl (C=O) groups is 2. The van der Waals surface area contributed by atoms with E-state index in [2.05, 4.69) is 9.56 Å². The minimum atomic E-state index is -3.61. The lowest BCUT2D eigenvalue weighted by Gasteiger charge is -2.39.